The molecule has 0 saturated heterocycles. The number of H-pyrrole nitrogens is 2. The number of carbonyl (C=O) groups excluding carboxylic acids is 1. The standard InChI is InChI=1S/C23H20N4O6.C2HF3O2/c28-19(29)11-16(13-4-2-1-3-5-13)17-12-26-18-10-14(6-7-15(17)18)33-22(23(31)32)27-21(30)20-24-8-9-25-20;3-2(4,5)1(6)7/h1-10,12,16,22,26H,11H2,(H,24,25)(H,27,30)(H,28,29)(H,31,32);(H,6,7). The van der Waals surface area contributed by atoms with Crippen LogP contribution in [0.25, 0.3) is 10.9 Å². The lowest BCUT2D eigenvalue weighted by atomic mass is 9.88. The van der Waals surface area contributed by atoms with Crippen molar-refractivity contribution in [1.82, 2.24) is 20.3 Å². The molecule has 2 atom stereocenters. The van der Waals surface area contributed by atoms with Crippen LogP contribution in [0.4, 0.5) is 13.2 Å². The minimum absolute atomic E-state index is 0.0419. The van der Waals surface area contributed by atoms with Crippen LogP contribution in [0.15, 0.2) is 67.1 Å². The summed E-state index contributed by atoms with van der Waals surface area (Å²) in [6.45, 7) is 0. The molecule has 0 bridgehead atoms. The van der Waals surface area contributed by atoms with Gasteiger partial charge < -0.3 is 35.3 Å². The molecule has 4 aromatic rings. The highest BCUT2D eigenvalue weighted by molar-refractivity contribution is 5.93. The minimum atomic E-state index is -5.08. The third-order valence-corrected chi connectivity index (χ3v) is 5.34. The topological polar surface area (TPSA) is 195 Å². The molecular formula is C25H21F3N4O8. The predicted octanol–water partition coefficient (Wildman–Crippen LogP) is 3.35. The van der Waals surface area contributed by atoms with E-state index in [1.807, 2.05) is 30.3 Å². The summed E-state index contributed by atoms with van der Waals surface area (Å²) in [5, 5.41) is 29.0. The van der Waals surface area contributed by atoms with Crippen LogP contribution in [0.1, 0.15) is 34.1 Å². The molecule has 12 nitrogen and oxygen atoms in total. The van der Waals surface area contributed by atoms with Gasteiger partial charge in [0.15, 0.2) is 5.82 Å². The Morgan fingerprint density at radius 2 is 1.68 bits per heavy atom. The summed E-state index contributed by atoms with van der Waals surface area (Å²) in [6.07, 6.45) is -2.26. The molecule has 0 saturated carbocycles. The Hall–Kier alpha value is -5.34. The Balaban J connectivity index is 0.000000559. The second kappa shape index (κ2) is 12.5. The van der Waals surface area contributed by atoms with Crippen molar-refractivity contribution in [1.29, 1.82) is 0 Å². The summed E-state index contributed by atoms with van der Waals surface area (Å²) in [7, 11) is 0. The highest BCUT2D eigenvalue weighted by Gasteiger charge is 2.38. The first-order valence-electron chi connectivity index (χ1n) is 11.2. The molecule has 40 heavy (non-hydrogen) atoms. The zero-order chi connectivity index (χ0) is 29.4. The number of carbonyl (C=O) groups is 4. The van der Waals surface area contributed by atoms with E-state index in [4.69, 9.17) is 14.6 Å². The van der Waals surface area contributed by atoms with Gasteiger partial charge in [0.25, 0.3) is 12.1 Å². The molecule has 2 aromatic heterocycles. The molecule has 6 N–H and O–H groups in total. The lowest BCUT2D eigenvalue weighted by molar-refractivity contribution is -0.192. The van der Waals surface area contributed by atoms with Gasteiger partial charge in [-0.15, -0.1) is 0 Å². The van der Waals surface area contributed by atoms with E-state index in [1.165, 1.54) is 12.4 Å². The van der Waals surface area contributed by atoms with Crippen LogP contribution in [0.2, 0.25) is 0 Å². The molecule has 0 aliphatic heterocycles. The van der Waals surface area contributed by atoms with Crippen molar-refractivity contribution in [3.63, 3.8) is 0 Å². The average Bonchev–Trinajstić information content (AvgIpc) is 3.57. The number of carboxylic acids is 3. The summed E-state index contributed by atoms with van der Waals surface area (Å²) in [5.74, 6) is -5.99. The van der Waals surface area contributed by atoms with Gasteiger partial charge >= 0.3 is 24.1 Å². The normalized spacial score (nSPS) is 12.5. The fourth-order valence-corrected chi connectivity index (χ4v) is 3.61. The zero-order valence-electron chi connectivity index (χ0n) is 20.2. The van der Waals surface area contributed by atoms with Crippen LogP contribution < -0.4 is 10.1 Å². The number of amides is 1. The van der Waals surface area contributed by atoms with Crippen molar-refractivity contribution in [2.45, 2.75) is 24.7 Å². The highest BCUT2D eigenvalue weighted by Crippen LogP contribution is 2.34. The van der Waals surface area contributed by atoms with Crippen LogP contribution in [-0.4, -0.2) is 66.5 Å². The fraction of sp³-hybridized carbons (Fsp3) is 0.160. The van der Waals surface area contributed by atoms with Crippen LogP contribution >= 0.6 is 0 Å². The molecule has 0 aliphatic carbocycles. The van der Waals surface area contributed by atoms with Gasteiger partial charge in [0.05, 0.1) is 6.42 Å². The first kappa shape index (κ1) is 29.2. The van der Waals surface area contributed by atoms with E-state index in [9.17, 15) is 37.8 Å². The molecule has 2 aromatic carbocycles. The molecule has 0 fully saturated rings. The van der Waals surface area contributed by atoms with E-state index >= 15 is 0 Å². The first-order valence-corrected chi connectivity index (χ1v) is 11.2. The quantitative estimate of drug-likeness (QED) is 0.166. The number of aromatic nitrogens is 3. The van der Waals surface area contributed by atoms with E-state index < -0.39 is 36.2 Å². The van der Waals surface area contributed by atoms with E-state index in [0.717, 1.165) is 16.5 Å². The van der Waals surface area contributed by atoms with Crippen LogP contribution in [-0.2, 0) is 14.4 Å². The van der Waals surface area contributed by atoms with Gasteiger partial charge in [0.1, 0.15) is 5.75 Å². The Labute approximate surface area is 222 Å². The number of aliphatic carboxylic acids is 3. The Bertz CT molecular complexity index is 1490. The molecule has 210 valence electrons. The summed E-state index contributed by atoms with van der Waals surface area (Å²) in [6, 6.07) is 14.2. The number of benzene rings is 2. The van der Waals surface area contributed by atoms with Gasteiger partial charge in [-0.2, -0.15) is 13.2 Å². The number of nitrogens with zero attached hydrogens (tertiary/aromatic N) is 1. The maximum Gasteiger partial charge on any atom is 0.490 e. The number of hydrogen-bond donors (Lipinski definition) is 6. The molecule has 1 amide bonds. The van der Waals surface area contributed by atoms with Gasteiger partial charge in [0.2, 0.25) is 0 Å². The summed E-state index contributed by atoms with van der Waals surface area (Å²) >= 11 is 0. The molecule has 0 radical (unpaired) electrons. The van der Waals surface area contributed by atoms with Gasteiger partial charge in [-0.25, -0.2) is 14.6 Å². The van der Waals surface area contributed by atoms with Crippen molar-refractivity contribution in [3.8, 4) is 5.75 Å². The lowest BCUT2D eigenvalue weighted by Crippen LogP contribution is -2.45. The van der Waals surface area contributed by atoms with Gasteiger partial charge in [0, 0.05) is 41.5 Å². The number of hydrogen-bond acceptors (Lipinski definition) is 6. The predicted molar refractivity (Wildman–Crippen MR) is 131 cm³/mol. The summed E-state index contributed by atoms with van der Waals surface area (Å²) < 4.78 is 37.2. The van der Waals surface area contributed by atoms with E-state index in [2.05, 4.69) is 20.3 Å². The molecule has 0 aliphatic rings. The smallest absolute Gasteiger partial charge is 0.481 e. The van der Waals surface area contributed by atoms with Crippen molar-refractivity contribution >= 4 is 34.7 Å². The van der Waals surface area contributed by atoms with Gasteiger partial charge in [-0.3, -0.25) is 9.59 Å². The van der Waals surface area contributed by atoms with E-state index in [1.54, 1.807) is 24.4 Å². The Morgan fingerprint density at radius 3 is 2.23 bits per heavy atom. The number of aromatic amines is 2. The number of carboxylic acid groups (broad SMARTS) is 3. The molecule has 2 unspecified atom stereocenters. The van der Waals surface area contributed by atoms with E-state index in [-0.39, 0.29) is 23.9 Å². The molecule has 15 heteroatoms. The van der Waals surface area contributed by atoms with Gasteiger partial charge in [-0.1, -0.05) is 30.3 Å². The van der Waals surface area contributed by atoms with Crippen LogP contribution in [0, 0.1) is 0 Å². The molecule has 2 heterocycles. The molecule has 4 rings (SSSR count). The highest BCUT2D eigenvalue weighted by atomic mass is 19.4. The Morgan fingerprint density at radius 1 is 1.00 bits per heavy atom. The van der Waals surface area contributed by atoms with E-state index in [0.29, 0.717) is 5.52 Å². The number of ether oxygens (including phenoxy) is 1. The van der Waals surface area contributed by atoms with Crippen molar-refractivity contribution in [3.05, 3.63) is 84.1 Å². The average molecular weight is 562 g/mol. The third kappa shape index (κ3) is 7.59. The van der Waals surface area contributed by atoms with Crippen molar-refractivity contribution in [2.24, 2.45) is 0 Å². The summed E-state index contributed by atoms with van der Waals surface area (Å²) in [5.41, 5.74) is 2.30. The number of imidazole rings is 1. The maximum absolute atomic E-state index is 12.1. The SMILES string of the molecule is O=C(O)C(F)(F)F.O=C(O)CC(c1ccccc1)c1c[nH]c2cc(OC(NC(=O)c3ncc[nH]3)C(=O)O)ccc12. The number of fused-ring (bicyclic) bond motifs is 1. The monoisotopic (exact) mass is 562 g/mol. The lowest BCUT2D eigenvalue weighted by Gasteiger charge is -2.17. The Kier molecular flexibility index (Phi) is 9.11. The molecule has 0 spiro atoms. The second-order valence-corrected chi connectivity index (χ2v) is 8.06. The number of rotatable bonds is 9. The second-order valence-electron chi connectivity index (χ2n) is 8.06. The first-order chi connectivity index (χ1) is 18.9. The van der Waals surface area contributed by atoms with Crippen LogP contribution in [0.5, 0.6) is 5.75 Å². The van der Waals surface area contributed by atoms with Gasteiger partial charge in [-0.05, 0) is 23.3 Å². The van der Waals surface area contributed by atoms with Crippen LogP contribution in [0.3, 0.4) is 0 Å². The number of nitrogens with one attached hydrogen (secondary N) is 3. The van der Waals surface area contributed by atoms with Crippen molar-refractivity contribution in [2.75, 3.05) is 0 Å². The minimum Gasteiger partial charge on any atom is -0.481 e. The van der Waals surface area contributed by atoms with Crippen molar-refractivity contribution < 1.29 is 52.4 Å². The number of alkyl halides is 3. The fourth-order valence-electron chi connectivity index (χ4n) is 3.61. The number of halogens is 3. The molecular weight excluding hydrogens is 541 g/mol. The third-order valence-electron chi connectivity index (χ3n) is 5.34. The maximum atomic E-state index is 12.1. The summed E-state index contributed by atoms with van der Waals surface area (Å²) in [4.78, 5) is 53.6. The zero-order valence-corrected chi connectivity index (χ0v) is 20.2. The largest absolute Gasteiger partial charge is 0.490 e.